The molecule has 3 rings (SSSR count). The molecule has 354 valence electrons. The summed E-state index contributed by atoms with van der Waals surface area (Å²) in [4.78, 5) is 87.4. The minimum Gasteiger partial charge on any atom is -0.508 e. The number of carbonyl (C=O) groups is 7. The fraction of sp³-hybridized carbons (Fsp3) is 0.683. The van der Waals surface area contributed by atoms with Gasteiger partial charge in [0.1, 0.15) is 23.5 Å². The number of primary amides is 1. The predicted octanol–water partition coefficient (Wildman–Crippen LogP) is -3.35. The first-order chi connectivity index (χ1) is 30.2. The second kappa shape index (κ2) is 29.0. The first kappa shape index (κ1) is 52.8. The van der Waals surface area contributed by atoms with Crippen LogP contribution in [-0.2, 0) is 40.0 Å². The van der Waals surface area contributed by atoms with E-state index in [1.165, 1.54) is 12.1 Å². The number of hydrogen-bond acceptors (Lipinski definition) is 15. The molecule has 1 aromatic rings. The van der Waals surface area contributed by atoms with E-state index in [0.29, 0.717) is 97.8 Å². The standard InChI is InChI=1S/C41H70N12O9S/c42-38(61)32(23-63)51-33(55)6-2-1-3-15-48-39(62)31(22-29-11-13-30(54)14-12-29)50-34(56)7-4-8-36(58)53-41-27-46-18-16-43-24-40(26-45-20-21-49-41,25-44-17-19-47-28-41)52-35(57)9-5-10-37(59)60/h11-14,31-32,43-47,49,54,63H,1-10,15-28H2,(H2,42,61)(H,48,62)(H,50,56)(H,51,55)(H,52,57)(H,53,58)(H,59,60)/t31?,32-,40?,41?/m0/s1. The average molecular weight is 907 g/mol. The molecule has 0 aromatic heterocycles. The van der Waals surface area contributed by atoms with Gasteiger partial charge >= 0.3 is 5.97 Å². The van der Waals surface area contributed by atoms with Crippen molar-refractivity contribution in [3.8, 4) is 5.75 Å². The van der Waals surface area contributed by atoms with Gasteiger partial charge in [0.05, 0.1) is 5.54 Å². The summed E-state index contributed by atoms with van der Waals surface area (Å²) < 4.78 is 0. The van der Waals surface area contributed by atoms with E-state index >= 15 is 0 Å². The number of carboxylic acid groups (broad SMARTS) is 1. The Morgan fingerprint density at radius 3 is 1.71 bits per heavy atom. The van der Waals surface area contributed by atoms with Crippen molar-refractivity contribution in [2.24, 2.45) is 5.73 Å². The number of carboxylic acids is 1. The third-order valence-electron chi connectivity index (χ3n) is 10.6. The van der Waals surface area contributed by atoms with Crippen molar-refractivity contribution < 1.29 is 43.8 Å². The second-order valence-corrected chi connectivity index (χ2v) is 16.5. The Morgan fingerprint density at radius 1 is 0.635 bits per heavy atom. The maximum Gasteiger partial charge on any atom is 0.303 e. The molecule has 2 heterocycles. The normalized spacial score (nSPS) is 20.8. The summed E-state index contributed by atoms with van der Waals surface area (Å²) in [6, 6.07) is 4.59. The molecule has 63 heavy (non-hydrogen) atoms. The molecule has 2 atom stereocenters. The number of amides is 6. The van der Waals surface area contributed by atoms with Gasteiger partial charge in [0, 0.05) is 123 Å². The number of aromatic hydroxyl groups is 1. The van der Waals surface area contributed by atoms with Gasteiger partial charge in [-0.25, -0.2) is 0 Å². The predicted molar refractivity (Wildman–Crippen MR) is 240 cm³/mol. The summed E-state index contributed by atoms with van der Waals surface area (Å²) in [5.74, 6) is -3.00. The van der Waals surface area contributed by atoms with Crippen LogP contribution in [0.1, 0.15) is 69.8 Å². The zero-order valence-corrected chi connectivity index (χ0v) is 37.1. The lowest BCUT2D eigenvalue weighted by molar-refractivity contribution is -0.137. The van der Waals surface area contributed by atoms with Gasteiger partial charge in [-0.05, 0) is 43.4 Å². The molecule has 0 aliphatic carbocycles. The summed E-state index contributed by atoms with van der Waals surface area (Å²) in [7, 11) is 0. The number of nitrogens with two attached hydrogens (primary N) is 1. The third kappa shape index (κ3) is 21.6. The number of carbonyl (C=O) groups excluding carboxylic acids is 6. The van der Waals surface area contributed by atoms with E-state index in [0.717, 1.165) is 5.56 Å². The Kier molecular flexibility index (Phi) is 24.3. The molecule has 15 N–H and O–H groups in total. The SMILES string of the molecule is NC(=O)[C@H](CS)NC(=O)CCCCCNC(=O)C(Cc1ccc(O)cc1)NC(=O)CCCC(=O)NC12CNCCNCC(NC(=O)CCCC(=O)O)(CNCCNC1)CNCCN2. The molecule has 2 aliphatic heterocycles. The van der Waals surface area contributed by atoms with Crippen molar-refractivity contribution in [1.29, 1.82) is 0 Å². The number of hydrogen-bond donors (Lipinski definition) is 15. The van der Waals surface area contributed by atoms with Crippen LogP contribution < -0.4 is 64.2 Å². The Balaban J connectivity index is 1.53. The topological polar surface area (TPSA) is 318 Å². The Bertz CT molecular complexity index is 1610. The van der Waals surface area contributed by atoms with Gasteiger partial charge in [-0.1, -0.05) is 18.6 Å². The number of fused-ring (bicyclic) bond motifs is 6. The summed E-state index contributed by atoms with van der Waals surface area (Å²) in [5, 5.41) is 54.0. The summed E-state index contributed by atoms with van der Waals surface area (Å²) >= 11 is 4.02. The highest BCUT2D eigenvalue weighted by atomic mass is 32.1. The number of thiol groups is 1. The number of aliphatic carboxylic acids is 1. The number of unbranched alkanes of at least 4 members (excludes halogenated alkanes) is 2. The van der Waals surface area contributed by atoms with Gasteiger partial charge in [0.2, 0.25) is 35.4 Å². The minimum absolute atomic E-state index is 0.00525. The van der Waals surface area contributed by atoms with Crippen molar-refractivity contribution in [1.82, 2.24) is 58.5 Å². The van der Waals surface area contributed by atoms with Crippen LogP contribution in [0.4, 0.5) is 0 Å². The van der Waals surface area contributed by atoms with Crippen LogP contribution >= 0.6 is 12.6 Å². The zero-order valence-electron chi connectivity index (χ0n) is 36.2. The van der Waals surface area contributed by atoms with Gasteiger partial charge in [-0.15, -0.1) is 0 Å². The van der Waals surface area contributed by atoms with Gasteiger partial charge in [0.25, 0.3) is 0 Å². The highest BCUT2D eigenvalue weighted by molar-refractivity contribution is 7.80. The molecule has 0 radical (unpaired) electrons. The number of phenols is 1. The maximum atomic E-state index is 13.5. The Morgan fingerprint density at radius 2 is 1.14 bits per heavy atom. The highest BCUT2D eigenvalue weighted by Gasteiger charge is 2.34. The largest absolute Gasteiger partial charge is 0.508 e. The monoisotopic (exact) mass is 907 g/mol. The van der Waals surface area contributed by atoms with E-state index in [1.807, 2.05) is 0 Å². The van der Waals surface area contributed by atoms with Crippen LogP contribution in [0.15, 0.2) is 24.3 Å². The van der Waals surface area contributed by atoms with Crippen molar-refractivity contribution in [2.75, 3.05) is 84.3 Å². The van der Waals surface area contributed by atoms with Crippen LogP contribution in [0.2, 0.25) is 0 Å². The Hall–Kier alpha value is -4.58. The van der Waals surface area contributed by atoms with Gasteiger partial charge in [0.15, 0.2) is 0 Å². The van der Waals surface area contributed by atoms with Crippen LogP contribution in [0.3, 0.4) is 0 Å². The molecule has 1 aromatic carbocycles. The molecule has 2 fully saturated rings. The molecular weight excluding hydrogens is 837 g/mol. The molecule has 22 heteroatoms. The summed E-state index contributed by atoms with van der Waals surface area (Å²) in [6.45, 7) is 5.77. The quantitative estimate of drug-likeness (QED) is 0.0377. The van der Waals surface area contributed by atoms with E-state index in [-0.39, 0.29) is 80.6 Å². The van der Waals surface area contributed by atoms with Crippen LogP contribution in [0, 0.1) is 0 Å². The van der Waals surface area contributed by atoms with Crippen molar-refractivity contribution in [2.45, 2.75) is 93.9 Å². The fourth-order valence-electron chi connectivity index (χ4n) is 7.21. The van der Waals surface area contributed by atoms with Gasteiger partial charge < -0.3 is 69.1 Å². The third-order valence-corrected chi connectivity index (χ3v) is 11.0. The van der Waals surface area contributed by atoms with E-state index in [2.05, 4.69) is 71.1 Å². The summed E-state index contributed by atoms with van der Waals surface area (Å²) in [5.41, 5.74) is 4.42. The van der Waals surface area contributed by atoms with E-state index < -0.39 is 47.0 Å². The van der Waals surface area contributed by atoms with Crippen LogP contribution in [0.5, 0.6) is 5.75 Å². The summed E-state index contributed by atoms with van der Waals surface area (Å²) in [6.07, 6.45) is 2.64. The highest BCUT2D eigenvalue weighted by Crippen LogP contribution is 2.13. The van der Waals surface area contributed by atoms with E-state index in [4.69, 9.17) is 10.8 Å². The van der Waals surface area contributed by atoms with Crippen molar-refractivity contribution >= 4 is 54.0 Å². The molecular formula is C41H70N12O9S. The molecule has 2 bridgehead atoms. The van der Waals surface area contributed by atoms with Crippen molar-refractivity contribution in [3.05, 3.63) is 29.8 Å². The fourth-order valence-corrected chi connectivity index (χ4v) is 7.48. The molecule has 2 saturated heterocycles. The van der Waals surface area contributed by atoms with Crippen LogP contribution in [0.25, 0.3) is 0 Å². The lowest BCUT2D eigenvalue weighted by Gasteiger charge is -2.37. The number of benzene rings is 1. The number of rotatable bonds is 23. The average Bonchev–Trinajstić information content (AvgIpc) is 3.26. The molecule has 1 unspecified atom stereocenters. The van der Waals surface area contributed by atoms with Gasteiger partial charge in [-0.3, -0.25) is 38.9 Å². The second-order valence-electron chi connectivity index (χ2n) is 16.2. The maximum absolute atomic E-state index is 13.5. The molecule has 0 saturated carbocycles. The number of nitrogens with one attached hydrogen (secondary N) is 11. The first-order valence-corrected chi connectivity index (χ1v) is 22.5. The number of phenolic OH excluding ortho intramolecular Hbond substituents is 1. The minimum atomic E-state index is -0.940. The first-order valence-electron chi connectivity index (χ1n) is 21.9. The molecule has 21 nitrogen and oxygen atoms in total. The molecule has 0 spiro atoms. The smallest absolute Gasteiger partial charge is 0.303 e. The van der Waals surface area contributed by atoms with Crippen molar-refractivity contribution in [3.63, 3.8) is 0 Å². The van der Waals surface area contributed by atoms with Gasteiger partial charge in [-0.2, -0.15) is 12.6 Å². The molecule has 2 aliphatic rings. The lowest BCUT2D eigenvalue weighted by Crippen LogP contribution is -2.69. The zero-order chi connectivity index (χ0) is 45.9. The van der Waals surface area contributed by atoms with E-state index in [9.17, 15) is 38.7 Å². The Labute approximate surface area is 374 Å². The van der Waals surface area contributed by atoms with Crippen LogP contribution in [-0.4, -0.2) is 159 Å². The molecule has 6 amide bonds. The van der Waals surface area contributed by atoms with E-state index in [1.54, 1.807) is 12.1 Å². The lowest BCUT2D eigenvalue weighted by atomic mass is 9.97.